The quantitative estimate of drug-likeness (QED) is 0.929. The van der Waals surface area contributed by atoms with Crippen molar-refractivity contribution >= 4 is 21.7 Å². The Kier molecular flexibility index (Phi) is 3.01. The largest absolute Gasteiger partial charge is 0.448 e. The number of aromatic nitrogens is 2. The summed E-state index contributed by atoms with van der Waals surface area (Å²) in [5.41, 5.74) is 0.724. The van der Waals surface area contributed by atoms with E-state index in [1.807, 2.05) is 31.2 Å². The SMILES string of the molecule is CCNc1ccc(-c2ccc(Br)o2)nn1. The summed E-state index contributed by atoms with van der Waals surface area (Å²) >= 11 is 3.24. The van der Waals surface area contributed by atoms with Gasteiger partial charge in [-0.1, -0.05) is 0 Å². The number of rotatable bonds is 3. The molecule has 0 atom stereocenters. The predicted molar refractivity (Wildman–Crippen MR) is 61.6 cm³/mol. The van der Waals surface area contributed by atoms with Gasteiger partial charge in [0.25, 0.3) is 0 Å². The van der Waals surface area contributed by atoms with Gasteiger partial charge in [0, 0.05) is 6.54 Å². The molecule has 0 aliphatic carbocycles. The van der Waals surface area contributed by atoms with Crippen LogP contribution in [0.2, 0.25) is 0 Å². The van der Waals surface area contributed by atoms with E-state index < -0.39 is 0 Å². The maximum absolute atomic E-state index is 5.36. The van der Waals surface area contributed by atoms with Crippen molar-refractivity contribution in [2.45, 2.75) is 6.92 Å². The Hall–Kier alpha value is -1.36. The molecule has 0 unspecified atom stereocenters. The highest BCUT2D eigenvalue weighted by atomic mass is 79.9. The molecule has 2 aromatic heterocycles. The van der Waals surface area contributed by atoms with E-state index in [0.29, 0.717) is 10.4 Å². The van der Waals surface area contributed by atoms with Crippen molar-refractivity contribution in [3.63, 3.8) is 0 Å². The summed E-state index contributed by atoms with van der Waals surface area (Å²) in [6, 6.07) is 7.43. The van der Waals surface area contributed by atoms with Crippen LogP contribution in [0.5, 0.6) is 0 Å². The first-order chi connectivity index (χ1) is 7.29. The minimum atomic E-state index is 0.690. The van der Waals surface area contributed by atoms with Gasteiger partial charge in [-0.15, -0.1) is 10.2 Å². The van der Waals surface area contributed by atoms with Gasteiger partial charge >= 0.3 is 0 Å². The molecule has 2 heterocycles. The fourth-order valence-electron chi connectivity index (χ4n) is 1.19. The summed E-state index contributed by atoms with van der Waals surface area (Å²) < 4.78 is 6.05. The normalized spacial score (nSPS) is 10.3. The average molecular weight is 268 g/mol. The van der Waals surface area contributed by atoms with E-state index in [4.69, 9.17) is 4.42 Å². The molecule has 1 N–H and O–H groups in total. The van der Waals surface area contributed by atoms with E-state index in [1.165, 1.54) is 0 Å². The highest BCUT2D eigenvalue weighted by Crippen LogP contribution is 2.23. The van der Waals surface area contributed by atoms with Gasteiger partial charge in [0.1, 0.15) is 11.5 Å². The van der Waals surface area contributed by atoms with Crippen LogP contribution in [0.4, 0.5) is 5.82 Å². The lowest BCUT2D eigenvalue weighted by Crippen LogP contribution is -2.00. The van der Waals surface area contributed by atoms with E-state index in [0.717, 1.165) is 18.1 Å². The first kappa shape index (κ1) is 10.2. The van der Waals surface area contributed by atoms with Crippen molar-refractivity contribution < 1.29 is 4.42 Å². The molecule has 0 bridgehead atoms. The smallest absolute Gasteiger partial charge is 0.169 e. The molecule has 2 rings (SSSR count). The summed E-state index contributed by atoms with van der Waals surface area (Å²) in [5, 5.41) is 11.1. The Labute approximate surface area is 95.8 Å². The third-order valence-electron chi connectivity index (χ3n) is 1.85. The lowest BCUT2D eigenvalue weighted by Gasteiger charge is -2.00. The van der Waals surface area contributed by atoms with Gasteiger partial charge in [-0.05, 0) is 47.1 Å². The van der Waals surface area contributed by atoms with Crippen LogP contribution in [0, 0.1) is 0 Å². The first-order valence-corrected chi connectivity index (χ1v) is 5.42. The van der Waals surface area contributed by atoms with Crippen LogP contribution < -0.4 is 5.32 Å². The number of halogens is 1. The summed E-state index contributed by atoms with van der Waals surface area (Å²) in [7, 11) is 0. The Bertz CT molecular complexity index is 438. The zero-order chi connectivity index (χ0) is 10.7. The number of hydrogen-bond acceptors (Lipinski definition) is 4. The Balaban J connectivity index is 2.23. The Morgan fingerprint density at radius 1 is 1.27 bits per heavy atom. The molecule has 5 heteroatoms. The zero-order valence-corrected chi connectivity index (χ0v) is 9.78. The zero-order valence-electron chi connectivity index (χ0n) is 8.20. The fraction of sp³-hybridized carbons (Fsp3) is 0.200. The molecular formula is C10H10BrN3O. The lowest BCUT2D eigenvalue weighted by molar-refractivity contribution is 0.553. The van der Waals surface area contributed by atoms with E-state index >= 15 is 0 Å². The third kappa shape index (κ3) is 2.36. The van der Waals surface area contributed by atoms with Crippen molar-refractivity contribution in [3.8, 4) is 11.5 Å². The van der Waals surface area contributed by atoms with Gasteiger partial charge in [-0.3, -0.25) is 0 Å². The van der Waals surface area contributed by atoms with Crippen LogP contribution in [0.25, 0.3) is 11.5 Å². The van der Waals surface area contributed by atoms with E-state index in [-0.39, 0.29) is 0 Å². The molecule has 0 aromatic carbocycles. The topological polar surface area (TPSA) is 51.0 Å². The van der Waals surface area contributed by atoms with Crippen LogP contribution in [0.1, 0.15) is 6.92 Å². The van der Waals surface area contributed by atoms with Crippen molar-refractivity contribution in [3.05, 3.63) is 28.9 Å². The van der Waals surface area contributed by atoms with Crippen LogP contribution in [-0.2, 0) is 0 Å². The van der Waals surface area contributed by atoms with Crippen molar-refractivity contribution in [2.24, 2.45) is 0 Å². The molecule has 0 saturated carbocycles. The second-order valence-electron chi connectivity index (χ2n) is 2.94. The number of hydrogen-bond donors (Lipinski definition) is 1. The van der Waals surface area contributed by atoms with E-state index in [1.54, 1.807) is 0 Å². The minimum Gasteiger partial charge on any atom is -0.448 e. The van der Waals surface area contributed by atoms with Gasteiger partial charge in [-0.2, -0.15) is 0 Å². The molecule has 2 aromatic rings. The number of furan rings is 1. The van der Waals surface area contributed by atoms with E-state index in [9.17, 15) is 0 Å². The van der Waals surface area contributed by atoms with Gasteiger partial charge in [0.15, 0.2) is 10.4 Å². The average Bonchev–Trinajstić information content (AvgIpc) is 2.67. The third-order valence-corrected chi connectivity index (χ3v) is 2.27. The highest BCUT2D eigenvalue weighted by molar-refractivity contribution is 9.10. The Morgan fingerprint density at radius 3 is 2.67 bits per heavy atom. The molecule has 0 radical (unpaired) electrons. The number of anilines is 1. The number of nitrogens with one attached hydrogen (secondary N) is 1. The van der Waals surface area contributed by atoms with Crippen LogP contribution in [0.3, 0.4) is 0 Å². The maximum Gasteiger partial charge on any atom is 0.169 e. The molecule has 0 spiro atoms. The fourth-order valence-corrected chi connectivity index (χ4v) is 1.50. The van der Waals surface area contributed by atoms with Crippen molar-refractivity contribution in [1.29, 1.82) is 0 Å². The van der Waals surface area contributed by atoms with Crippen molar-refractivity contribution in [1.82, 2.24) is 10.2 Å². The minimum absolute atomic E-state index is 0.690. The molecule has 0 fully saturated rings. The van der Waals surface area contributed by atoms with Crippen LogP contribution in [-0.4, -0.2) is 16.7 Å². The molecule has 0 aliphatic heterocycles. The Morgan fingerprint density at radius 2 is 2.13 bits per heavy atom. The summed E-state index contributed by atoms with van der Waals surface area (Å²) in [6.07, 6.45) is 0. The molecular weight excluding hydrogens is 258 g/mol. The highest BCUT2D eigenvalue weighted by Gasteiger charge is 2.04. The lowest BCUT2D eigenvalue weighted by atomic mass is 10.3. The molecule has 4 nitrogen and oxygen atoms in total. The van der Waals surface area contributed by atoms with Gasteiger partial charge in [0.05, 0.1) is 0 Å². The summed E-state index contributed by atoms with van der Waals surface area (Å²) in [6.45, 7) is 2.85. The molecule has 15 heavy (non-hydrogen) atoms. The summed E-state index contributed by atoms with van der Waals surface area (Å²) in [4.78, 5) is 0. The first-order valence-electron chi connectivity index (χ1n) is 4.63. The molecule has 0 aliphatic rings. The van der Waals surface area contributed by atoms with Crippen LogP contribution in [0.15, 0.2) is 33.4 Å². The van der Waals surface area contributed by atoms with Gasteiger partial charge in [-0.25, -0.2) is 0 Å². The van der Waals surface area contributed by atoms with Gasteiger partial charge < -0.3 is 9.73 Å². The van der Waals surface area contributed by atoms with Crippen molar-refractivity contribution in [2.75, 3.05) is 11.9 Å². The maximum atomic E-state index is 5.36. The number of nitrogens with zero attached hydrogens (tertiary/aromatic N) is 2. The second kappa shape index (κ2) is 4.44. The van der Waals surface area contributed by atoms with Gasteiger partial charge in [0.2, 0.25) is 0 Å². The predicted octanol–water partition coefficient (Wildman–Crippen LogP) is 2.93. The monoisotopic (exact) mass is 267 g/mol. The summed E-state index contributed by atoms with van der Waals surface area (Å²) in [5.74, 6) is 1.48. The standard InChI is InChI=1S/C10H10BrN3O/c1-2-12-10-6-3-7(13-14-10)8-4-5-9(11)15-8/h3-6H,2H2,1H3,(H,12,14). The molecule has 78 valence electrons. The van der Waals surface area contributed by atoms with Crippen LogP contribution >= 0.6 is 15.9 Å². The molecule has 0 amide bonds. The second-order valence-corrected chi connectivity index (χ2v) is 3.72. The van der Waals surface area contributed by atoms with E-state index in [2.05, 4.69) is 31.4 Å². The molecule has 0 saturated heterocycles.